The van der Waals surface area contributed by atoms with Crippen molar-refractivity contribution >= 4 is 5.96 Å². The van der Waals surface area contributed by atoms with Crippen molar-refractivity contribution in [3.8, 4) is 0 Å². The number of nitrogens with one attached hydrogen (secondary N) is 1. The molecule has 2 fully saturated rings. The largest absolute Gasteiger partial charge is 0.378 e. The number of aliphatic imine (C=N–C) groups is 1. The van der Waals surface area contributed by atoms with Gasteiger partial charge in [0.1, 0.15) is 0 Å². The zero-order valence-corrected chi connectivity index (χ0v) is 18.6. The molecule has 2 saturated heterocycles. The topological polar surface area (TPSA) is 43.3 Å². The maximum absolute atomic E-state index is 5.78. The van der Waals surface area contributed by atoms with Crippen LogP contribution in [0.2, 0.25) is 0 Å². The molecule has 29 heavy (non-hydrogen) atoms. The molecule has 0 radical (unpaired) electrons. The molecule has 6 heteroatoms. The van der Waals surface area contributed by atoms with Crippen molar-refractivity contribution in [2.45, 2.75) is 45.9 Å². The molecule has 162 valence electrons. The second-order valence-corrected chi connectivity index (χ2v) is 8.02. The number of piperazine rings is 1. The molecule has 3 rings (SSSR count). The first-order chi connectivity index (χ1) is 14.2. The maximum atomic E-state index is 5.78. The third kappa shape index (κ3) is 6.43. The van der Waals surface area contributed by atoms with E-state index in [1.54, 1.807) is 0 Å². The van der Waals surface area contributed by atoms with Gasteiger partial charge in [-0.2, -0.15) is 0 Å². The minimum Gasteiger partial charge on any atom is -0.378 e. The van der Waals surface area contributed by atoms with E-state index >= 15 is 0 Å². The van der Waals surface area contributed by atoms with Crippen LogP contribution in [0.15, 0.2) is 29.3 Å². The number of benzene rings is 1. The number of likely N-dealkylation sites (N-methyl/N-ethyl adjacent to an activating group) is 1. The molecule has 0 bridgehead atoms. The van der Waals surface area contributed by atoms with Crippen LogP contribution in [0.5, 0.6) is 0 Å². The van der Waals surface area contributed by atoms with E-state index in [4.69, 9.17) is 4.74 Å². The van der Waals surface area contributed by atoms with Crippen LogP contribution < -0.4 is 5.32 Å². The first-order valence-corrected chi connectivity index (χ1v) is 11.3. The fourth-order valence-electron chi connectivity index (χ4n) is 4.37. The van der Waals surface area contributed by atoms with Gasteiger partial charge in [-0.3, -0.25) is 9.89 Å². The van der Waals surface area contributed by atoms with E-state index in [2.05, 4.69) is 63.1 Å². The van der Waals surface area contributed by atoms with Crippen LogP contribution in [0.1, 0.15) is 37.8 Å². The van der Waals surface area contributed by atoms with E-state index in [1.165, 1.54) is 24.2 Å². The third-order valence-electron chi connectivity index (χ3n) is 6.22. The average molecular weight is 402 g/mol. The van der Waals surface area contributed by atoms with Crippen molar-refractivity contribution in [1.29, 1.82) is 0 Å². The van der Waals surface area contributed by atoms with Crippen LogP contribution in [-0.2, 0) is 17.8 Å². The summed E-state index contributed by atoms with van der Waals surface area (Å²) in [5.74, 6) is 1.01. The molecule has 2 aliphatic heterocycles. The first kappa shape index (κ1) is 22.1. The summed E-state index contributed by atoms with van der Waals surface area (Å²) in [5.41, 5.74) is 2.80. The van der Waals surface area contributed by atoms with Crippen molar-refractivity contribution in [3.05, 3.63) is 35.4 Å². The van der Waals surface area contributed by atoms with Gasteiger partial charge in [-0.1, -0.05) is 31.2 Å². The molecule has 2 heterocycles. The molecule has 1 aromatic rings. The number of ether oxygens (including phenoxy) is 1. The van der Waals surface area contributed by atoms with Crippen LogP contribution in [0.3, 0.4) is 0 Å². The predicted molar refractivity (Wildman–Crippen MR) is 120 cm³/mol. The van der Waals surface area contributed by atoms with Gasteiger partial charge >= 0.3 is 0 Å². The zero-order valence-electron chi connectivity index (χ0n) is 18.6. The summed E-state index contributed by atoms with van der Waals surface area (Å²) in [7, 11) is 1.89. The molecule has 2 aliphatic rings. The summed E-state index contributed by atoms with van der Waals surface area (Å²) in [6.45, 7) is 14.9. The van der Waals surface area contributed by atoms with Crippen LogP contribution in [0.25, 0.3) is 0 Å². The van der Waals surface area contributed by atoms with Gasteiger partial charge in [0, 0.05) is 66.0 Å². The van der Waals surface area contributed by atoms with Gasteiger partial charge in [0.25, 0.3) is 0 Å². The highest BCUT2D eigenvalue weighted by Crippen LogP contribution is 2.16. The van der Waals surface area contributed by atoms with Gasteiger partial charge in [0.2, 0.25) is 0 Å². The fraction of sp³-hybridized carbons (Fsp3) is 0.696. The van der Waals surface area contributed by atoms with Gasteiger partial charge < -0.3 is 19.9 Å². The number of guanidine groups is 1. The molecular formula is C23H39N5O. The van der Waals surface area contributed by atoms with Crippen LogP contribution in [0.4, 0.5) is 0 Å². The molecule has 0 saturated carbocycles. The SMILES string of the molecule is CCOC1CCN(C(=NC)NCc2ccccc2CN2CCN(CC)CC2)CC1. The Balaban J connectivity index is 1.52. The number of hydrogen-bond acceptors (Lipinski definition) is 4. The summed E-state index contributed by atoms with van der Waals surface area (Å²) < 4.78 is 5.78. The molecule has 1 N–H and O–H groups in total. The number of hydrogen-bond donors (Lipinski definition) is 1. The number of rotatable bonds is 7. The Bertz CT molecular complexity index is 634. The fourth-order valence-corrected chi connectivity index (χ4v) is 4.37. The maximum Gasteiger partial charge on any atom is 0.193 e. The van der Waals surface area contributed by atoms with Crippen molar-refractivity contribution in [2.24, 2.45) is 4.99 Å². The Morgan fingerprint density at radius 1 is 1.00 bits per heavy atom. The summed E-state index contributed by atoms with van der Waals surface area (Å²) >= 11 is 0. The minimum absolute atomic E-state index is 0.406. The average Bonchev–Trinajstić information content (AvgIpc) is 2.77. The van der Waals surface area contributed by atoms with Crippen molar-refractivity contribution in [1.82, 2.24) is 20.0 Å². The number of likely N-dealkylation sites (tertiary alicyclic amines) is 1. The Morgan fingerprint density at radius 2 is 1.66 bits per heavy atom. The lowest BCUT2D eigenvalue weighted by molar-refractivity contribution is 0.0263. The second-order valence-electron chi connectivity index (χ2n) is 8.02. The molecule has 0 amide bonds. The van der Waals surface area contributed by atoms with Crippen LogP contribution >= 0.6 is 0 Å². The molecule has 1 aromatic carbocycles. The summed E-state index contributed by atoms with van der Waals surface area (Å²) in [6, 6.07) is 8.83. The Morgan fingerprint density at radius 3 is 2.28 bits per heavy atom. The molecule has 0 atom stereocenters. The quantitative estimate of drug-likeness (QED) is 0.561. The third-order valence-corrected chi connectivity index (χ3v) is 6.22. The minimum atomic E-state index is 0.406. The van der Waals surface area contributed by atoms with Crippen LogP contribution in [0, 0.1) is 0 Å². The lowest BCUT2D eigenvalue weighted by atomic mass is 10.1. The molecule has 0 unspecified atom stereocenters. The Hall–Kier alpha value is -1.63. The van der Waals surface area contributed by atoms with Gasteiger partial charge in [-0.15, -0.1) is 0 Å². The standard InChI is InChI=1S/C23H39N5O/c1-4-26-14-16-27(17-15-26)19-21-9-7-6-8-20(21)18-25-23(24-3)28-12-10-22(11-13-28)29-5-2/h6-9,22H,4-5,10-19H2,1-3H3,(H,24,25). The molecule has 0 spiro atoms. The summed E-state index contributed by atoms with van der Waals surface area (Å²) in [6.07, 6.45) is 2.56. The molecular weight excluding hydrogens is 362 g/mol. The molecule has 6 nitrogen and oxygen atoms in total. The molecule has 0 aliphatic carbocycles. The van der Waals surface area contributed by atoms with Crippen molar-refractivity contribution < 1.29 is 4.74 Å². The summed E-state index contributed by atoms with van der Waals surface area (Å²) in [5, 5.41) is 3.60. The van der Waals surface area contributed by atoms with E-state index in [-0.39, 0.29) is 0 Å². The van der Waals surface area contributed by atoms with Crippen molar-refractivity contribution in [2.75, 3.05) is 59.5 Å². The normalized spacial score (nSPS) is 20.2. The Kier molecular flexibility index (Phi) is 8.77. The predicted octanol–water partition coefficient (Wildman–Crippen LogP) is 2.40. The monoisotopic (exact) mass is 401 g/mol. The van der Waals surface area contributed by atoms with E-state index < -0.39 is 0 Å². The summed E-state index contributed by atoms with van der Waals surface area (Å²) in [4.78, 5) is 12.0. The van der Waals surface area contributed by atoms with Gasteiger partial charge in [0.05, 0.1) is 6.10 Å². The Labute approximate surface area is 176 Å². The highest BCUT2D eigenvalue weighted by molar-refractivity contribution is 5.80. The smallest absolute Gasteiger partial charge is 0.193 e. The van der Waals surface area contributed by atoms with Crippen LogP contribution in [-0.4, -0.2) is 86.2 Å². The van der Waals surface area contributed by atoms with Gasteiger partial charge in [-0.05, 0) is 37.4 Å². The van der Waals surface area contributed by atoms with E-state index in [0.717, 1.165) is 71.2 Å². The van der Waals surface area contributed by atoms with Gasteiger partial charge in [-0.25, -0.2) is 0 Å². The highest BCUT2D eigenvalue weighted by atomic mass is 16.5. The highest BCUT2D eigenvalue weighted by Gasteiger charge is 2.22. The van der Waals surface area contributed by atoms with E-state index in [1.807, 2.05) is 7.05 Å². The molecule has 0 aromatic heterocycles. The number of piperidine rings is 1. The number of nitrogens with zero attached hydrogens (tertiary/aromatic N) is 4. The first-order valence-electron chi connectivity index (χ1n) is 11.3. The van der Waals surface area contributed by atoms with E-state index in [0.29, 0.717) is 6.10 Å². The van der Waals surface area contributed by atoms with E-state index in [9.17, 15) is 0 Å². The zero-order chi connectivity index (χ0) is 20.5. The lowest BCUT2D eigenvalue weighted by Crippen LogP contribution is -2.47. The van der Waals surface area contributed by atoms with Crippen molar-refractivity contribution in [3.63, 3.8) is 0 Å². The second kappa shape index (κ2) is 11.5. The van der Waals surface area contributed by atoms with Gasteiger partial charge in [0.15, 0.2) is 5.96 Å². The lowest BCUT2D eigenvalue weighted by Gasteiger charge is -2.35.